The van der Waals surface area contributed by atoms with Crippen molar-refractivity contribution in [2.24, 2.45) is 0 Å². The quantitative estimate of drug-likeness (QED) is 0.569. The number of nitrogens with zero attached hydrogens (tertiary/aromatic N) is 1. The average molecular weight is 446 g/mol. The van der Waals surface area contributed by atoms with Crippen LogP contribution in [-0.4, -0.2) is 25.4 Å². The van der Waals surface area contributed by atoms with Gasteiger partial charge in [0.2, 0.25) is 15.9 Å². The summed E-state index contributed by atoms with van der Waals surface area (Å²) in [6.07, 6.45) is 3.25. The molecule has 0 unspecified atom stereocenters. The van der Waals surface area contributed by atoms with E-state index in [1.165, 1.54) is 31.2 Å². The van der Waals surface area contributed by atoms with Crippen molar-refractivity contribution < 1.29 is 17.9 Å². The molecule has 1 amide bonds. The number of nitrogens with one attached hydrogen (secondary N) is 2. The Bertz CT molecular complexity index is 1140. The number of hydrogen-bond donors (Lipinski definition) is 2. The molecule has 0 saturated heterocycles. The Morgan fingerprint density at radius 1 is 1.13 bits per heavy atom. The average Bonchev–Trinajstić information content (AvgIpc) is 2.71. The first-order chi connectivity index (χ1) is 14.2. The van der Waals surface area contributed by atoms with Gasteiger partial charge in [-0.3, -0.25) is 9.78 Å². The third-order valence-electron chi connectivity index (χ3n) is 4.15. The second kappa shape index (κ2) is 9.25. The Balaban J connectivity index is 1.65. The minimum Gasteiger partial charge on any atom is -0.455 e. The van der Waals surface area contributed by atoms with Crippen LogP contribution in [0.4, 0.5) is 5.69 Å². The maximum Gasteiger partial charge on any atom is 0.242 e. The van der Waals surface area contributed by atoms with E-state index in [1.54, 1.807) is 42.7 Å². The third kappa shape index (κ3) is 5.56. The van der Waals surface area contributed by atoms with Gasteiger partial charge in [-0.1, -0.05) is 11.6 Å². The van der Waals surface area contributed by atoms with Crippen LogP contribution in [0.25, 0.3) is 0 Å². The second-order valence-electron chi connectivity index (χ2n) is 6.56. The van der Waals surface area contributed by atoms with E-state index in [-0.39, 0.29) is 4.90 Å². The van der Waals surface area contributed by atoms with Gasteiger partial charge < -0.3 is 10.1 Å². The molecule has 2 aromatic carbocycles. The number of carbonyl (C=O) groups excluding carboxylic acids is 1. The van der Waals surface area contributed by atoms with Crippen molar-refractivity contribution in [2.75, 3.05) is 5.32 Å². The van der Waals surface area contributed by atoms with Crippen LogP contribution in [0.5, 0.6) is 11.5 Å². The summed E-state index contributed by atoms with van der Waals surface area (Å²) < 4.78 is 33.0. The number of halogens is 1. The molecule has 1 heterocycles. The minimum atomic E-state index is -3.86. The van der Waals surface area contributed by atoms with Crippen molar-refractivity contribution in [3.63, 3.8) is 0 Å². The monoisotopic (exact) mass is 445 g/mol. The van der Waals surface area contributed by atoms with E-state index in [0.29, 0.717) is 22.2 Å². The number of amides is 1. The molecule has 9 heteroatoms. The molecule has 30 heavy (non-hydrogen) atoms. The molecule has 0 radical (unpaired) electrons. The number of anilines is 1. The van der Waals surface area contributed by atoms with Crippen LogP contribution in [0, 0.1) is 6.92 Å². The largest absolute Gasteiger partial charge is 0.455 e. The van der Waals surface area contributed by atoms with Gasteiger partial charge in [0, 0.05) is 16.9 Å². The predicted molar refractivity (Wildman–Crippen MR) is 115 cm³/mol. The van der Waals surface area contributed by atoms with Crippen LogP contribution in [0.2, 0.25) is 5.02 Å². The van der Waals surface area contributed by atoms with Crippen molar-refractivity contribution in [3.8, 4) is 11.5 Å². The molecule has 1 aromatic heterocycles. The van der Waals surface area contributed by atoms with Crippen LogP contribution in [-0.2, 0) is 14.8 Å². The summed E-state index contributed by atoms with van der Waals surface area (Å²) in [5.41, 5.74) is 1.32. The van der Waals surface area contributed by atoms with Crippen LogP contribution in [0.3, 0.4) is 0 Å². The third-order valence-corrected chi connectivity index (χ3v) is 5.96. The molecule has 0 saturated carbocycles. The number of rotatable bonds is 7. The number of aromatic nitrogens is 1. The number of aryl methyl sites for hydroxylation is 1. The molecular formula is C21H20ClN3O4S. The summed E-state index contributed by atoms with van der Waals surface area (Å²) in [7, 11) is -3.86. The lowest BCUT2D eigenvalue weighted by Crippen LogP contribution is -2.41. The van der Waals surface area contributed by atoms with Crippen LogP contribution in [0.15, 0.2) is 71.9 Å². The smallest absolute Gasteiger partial charge is 0.242 e. The Morgan fingerprint density at radius 2 is 1.87 bits per heavy atom. The summed E-state index contributed by atoms with van der Waals surface area (Å²) in [5, 5.41) is 3.12. The summed E-state index contributed by atoms with van der Waals surface area (Å²) >= 11 is 5.79. The highest BCUT2D eigenvalue weighted by Crippen LogP contribution is 2.27. The van der Waals surface area contributed by atoms with Gasteiger partial charge in [-0.15, -0.1) is 0 Å². The van der Waals surface area contributed by atoms with E-state index < -0.39 is 22.0 Å². The maximum absolute atomic E-state index is 12.5. The van der Waals surface area contributed by atoms with Gasteiger partial charge >= 0.3 is 0 Å². The molecular weight excluding hydrogens is 426 g/mol. The fourth-order valence-electron chi connectivity index (χ4n) is 2.59. The molecule has 0 aliphatic heterocycles. The van der Waals surface area contributed by atoms with Crippen molar-refractivity contribution in [3.05, 3.63) is 77.6 Å². The fraction of sp³-hybridized carbons (Fsp3) is 0.143. The van der Waals surface area contributed by atoms with Crippen LogP contribution >= 0.6 is 11.6 Å². The first kappa shape index (κ1) is 21.8. The standard InChI is InChI=1S/C21H20ClN3O4S/c1-14-12-17(7-10-20(14)29-18-4-3-11-23-13-18)24-21(26)15(2)25-30(27,28)19-8-5-16(22)6-9-19/h3-13,15,25H,1-2H3,(H,24,26)/t15-/m0/s1. The Kier molecular flexibility index (Phi) is 6.71. The normalized spacial score (nSPS) is 12.2. The van der Waals surface area contributed by atoms with Gasteiger partial charge in [0.25, 0.3) is 0 Å². The zero-order valence-corrected chi connectivity index (χ0v) is 17.9. The highest BCUT2D eigenvalue weighted by Gasteiger charge is 2.22. The molecule has 3 rings (SSSR count). The molecule has 1 atom stereocenters. The fourth-order valence-corrected chi connectivity index (χ4v) is 3.92. The van der Waals surface area contributed by atoms with Gasteiger partial charge in [-0.25, -0.2) is 8.42 Å². The molecule has 0 spiro atoms. The Labute approximate surface area is 180 Å². The number of ether oxygens (including phenoxy) is 1. The van der Waals surface area contributed by atoms with E-state index in [0.717, 1.165) is 5.56 Å². The molecule has 2 N–H and O–H groups in total. The topological polar surface area (TPSA) is 97.4 Å². The van der Waals surface area contributed by atoms with E-state index >= 15 is 0 Å². The van der Waals surface area contributed by atoms with E-state index in [2.05, 4.69) is 15.0 Å². The first-order valence-corrected chi connectivity index (χ1v) is 10.9. The predicted octanol–water partition coefficient (Wildman–Crippen LogP) is 4.14. The van der Waals surface area contributed by atoms with Gasteiger partial charge in [0.05, 0.1) is 17.1 Å². The van der Waals surface area contributed by atoms with Gasteiger partial charge in [-0.2, -0.15) is 4.72 Å². The zero-order valence-electron chi connectivity index (χ0n) is 16.3. The number of benzene rings is 2. The SMILES string of the molecule is Cc1cc(NC(=O)[C@H](C)NS(=O)(=O)c2ccc(Cl)cc2)ccc1Oc1cccnc1. The summed E-state index contributed by atoms with van der Waals surface area (Å²) in [4.78, 5) is 16.5. The highest BCUT2D eigenvalue weighted by molar-refractivity contribution is 7.89. The Morgan fingerprint density at radius 3 is 2.50 bits per heavy atom. The number of sulfonamides is 1. The van der Waals surface area contributed by atoms with E-state index in [9.17, 15) is 13.2 Å². The number of carbonyl (C=O) groups is 1. The zero-order chi connectivity index (χ0) is 21.7. The summed E-state index contributed by atoms with van der Waals surface area (Å²) in [6.45, 7) is 3.31. The lowest BCUT2D eigenvalue weighted by molar-refractivity contribution is -0.117. The van der Waals surface area contributed by atoms with Crippen molar-refractivity contribution in [2.45, 2.75) is 24.8 Å². The van der Waals surface area contributed by atoms with E-state index in [1.807, 2.05) is 6.92 Å². The molecule has 0 fully saturated rings. The highest BCUT2D eigenvalue weighted by atomic mass is 35.5. The van der Waals surface area contributed by atoms with Gasteiger partial charge in [0.15, 0.2) is 0 Å². The summed E-state index contributed by atoms with van der Waals surface area (Å²) in [5.74, 6) is 0.730. The van der Waals surface area contributed by atoms with Crippen molar-refractivity contribution in [1.82, 2.24) is 9.71 Å². The lowest BCUT2D eigenvalue weighted by Gasteiger charge is -2.15. The summed E-state index contributed by atoms with van der Waals surface area (Å²) in [6, 6.07) is 13.4. The Hall–Kier alpha value is -2.94. The van der Waals surface area contributed by atoms with Gasteiger partial charge in [0.1, 0.15) is 11.5 Å². The number of pyridine rings is 1. The van der Waals surface area contributed by atoms with E-state index in [4.69, 9.17) is 16.3 Å². The van der Waals surface area contributed by atoms with Crippen molar-refractivity contribution >= 4 is 33.2 Å². The first-order valence-electron chi connectivity index (χ1n) is 9.02. The van der Waals surface area contributed by atoms with Gasteiger partial charge in [-0.05, 0) is 74.0 Å². The molecule has 0 aliphatic carbocycles. The maximum atomic E-state index is 12.5. The van der Waals surface area contributed by atoms with Crippen molar-refractivity contribution in [1.29, 1.82) is 0 Å². The minimum absolute atomic E-state index is 0.0271. The molecule has 3 aromatic rings. The molecule has 156 valence electrons. The van der Waals surface area contributed by atoms with Crippen LogP contribution < -0.4 is 14.8 Å². The molecule has 0 bridgehead atoms. The second-order valence-corrected chi connectivity index (χ2v) is 8.71. The van der Waals surface area contributed by atoms with Crippen LogP contribution in [0.1, 0.15) is 12.5 Å². The molecule has 7 nitrogen and oxygen atoms in total. The number of hydrogen-bond acceptors (Lipinski definition) is 5. The lowest BCUT2D eigenvalue weighted by atomic mass is 10.2. The molecule has 0 aliphatic rings.